The van der Waals surface area contributed by atoms with Crippen LogP contribution in [0.25, 0.3) is 0 Å². The van der Waals surface area contributed by atoms with Gasteiger partial charge < -0.3 is 4.90 Å². The van der Waals surface area contributed by atoms with E-state index in [0.717, 1.165) is 0 Å². The van der Waals surface area contributed by atoms with E-state index in [1.807, 2.05) is 0 Å². The number of amides is 1. The summed E-state index contributed by atoms with van der Waals surface area (Å²) in [6, 6.07) is 4.41. The predicted molar refractivity (Wildman–Crippen MR) is 58.6 cm³/mol. The molecule has 0 aliphatic rings. The fourth-order valence-electron chi connectivity index (χ4n) is 1.11. The van der Waals surface area contributed by atoms with Gasteiger partial charge in [0.2, 0.25) is 5.91 Å². The van der Waals surface area contributed by atoms with Gasteiger partial charge in [-0.1, -0.05) is 17.7 Å². The van der Waals surface area contributed by atoms with Gasteiger partial charge >= 0.3 is 0 Å². The maximum atomic E-state index is 13.3. The van der Waals surface area contributed by atoms with E-state index in [9.17, 15) is 9.18 Å². The van der Waals surface area contributed by atoms with Crippen molar-refractivity contribution in [2.24, 2.45) is 0 Å². The number of alkyl halides is 1. The lowest BCUT2D eigenvalue weighted by Crippen LogP contribution is -2.27. The molecule has 0 bridgehead atoms. The molecule has 0 saturated carbocycles. The van der Waals surface area contributed by atoms with Gasteiger partial charge in [-0.3, -0.25) is 4.79 Å². The molecule has 0 unspecified atom stereocenters. The summed E-state index contributed by atoms with van der Waals surface area (Å²) in [7, 11) is 1.55. The highest BCUT2D eigenvalue weighted by atomic mass is 35.5. The Bertz CT molecular complexity index is 350. The Balaban J connectivity index is 2.85. The Morgan fingerprint density at radius 3 is 2.73 bits per heavy atom. The topological polar surface area (TPSA) is 20.3 Å². The third-order valence-corrected chi connectivity index (χ3v) is 2.58. The molecule has 5 heteroatoms. The number of benzene rings is 1. The first-order chi connectivity index (χ1) is 7.06. The minimum Gasteiger partial charge on any atom is -0.340 e. The third kappa shape index (κ3) is 3.08. The molecule has 0 N–H and O–H groups in total. The van der Waals surface area contributed by atoms with Crippen LogP contribution in [0.5, 0.6) is 0 Å². The molecule has 15 heavy (non-hydrogen) atoms. The van der Waals surface area contributed by atoms with Crippen molar-refractivity contribution < 1.29 is 9.18 Å². The first-order valence-corrected chi connectivity index (χ1v) is 5.20. The minimum absolute atomic E-state index is 0.122. The summed E-state index contributed by atoms with van der Waals surface area (Å²) in [5.74, 6) is -0.810. The molecule has 0 atom stereocenters. The zero-order valence-electron chi connectivity index (χ0n) is 8.14. The summed E-state index contributed by atoms with van der Waals surface area (Å²) in [5.41, 5.74) is 0.306. The monoisotopic (exact) mass is 249 g/mol. The zero-order valence-corrected chi connectivity index (χ0v) is 9.65. The van der Waals surface area contributed by atoms with E-state index in [4.69, 9.17) is 23.2 Å². The SMILES string of the molecule is CN(Cc1c(F)cccc1Cl)C(=O)CCl. The quantitative estimate of drug-likeness (QED) is 0.755. The Morgan fingerprint density at radius 2 is 2.20 bits per heavy atom. The smallest absolute Gasteiger partial charge is 0.237 e. The van der Waals surface area contributed by atoms with Crippen molar-refractivity contribution in [2.45, 2.75) is 6.54 Å². The Labute approximate surface area is 97.6 Å². The van der Waals surface area contributed by atoms with Crippen LogP contribution in [-0.2, 0) is 11.3 Å². The van der Waals surface area contributed by atoms with Crippen LogP contribution in [0, 0.1) is 5.82 Å². The largest absolute Gasteiger partial charge is 0.340 e. The van der Waals surface area contributed by atoms with Gasteiger partial charge in [-0.2, -0.15) is 0 Å². The van der Waals surface area contributed by atoms with E-state index in [-0.39, 0.29) is 18.3 Å². The van der Waals surface area contributed by atoms with Gasteiger partial charge in [-0.05, 0) is 12.1 Å². The van der Waals surface area contributed by atoms with Crippen molar-refractivity contribution in [3.63, 3.8) is 0 Å². The van der Waals surface area contributed by atoms with Gasteiger partial charge in [-0.15, -0.1) is 11.6 Å². The van der Waals surface area contributed by atoms with Crippen LogP contribution in [0.1, 0.15) is 5.56 Å². The average molecular weight is 250 g/mol. The summed E-state index contributed by atoms with van der Waals surface area (Å²) >= 11 is 11.2. The molecule has 0 aliphatic heterocycles. The average Bonchev–Trinajstić information content (AvgIpc) is 2.22. The molecule has 82 valence electrons. The lowest BCUT2D eigenvalue weighted by Gasteiger charge is -2.16. The van der Waals surface area contributed by atoms with Crippen LogP contribution in [0.3, 0.4) is 0 Å². The van der Waals surface area contributed by atoms with Crippen molar-refractivity contribution in [1.29, 1.82) is 0 Å². The van der Waals surface area contributed by atoms with Gasteiger partial charge in [-0.25, -0.2) is 4.39 Å². The fourth-order valence-corrected chi connectivity index (χ4v) is 1.54. The van der Waals surface area contributed by atoms with Crippen LogP contribution in [0.15, 0.2) is 18.2 Å². The summed E-state index contributed by atoms with van der Waals surface area (Å²) in [4.78, 5) is 12.5. The number of halogens is 3. The number of rotatable bonds is 3. The second-order valence-electron chi connectivity index (χ2n) is 3.08. The third-order valence-electron chi connectivity index (χ3n) is 2.00. The Hall–Kier alpha value is -0.800. The first kappa shape index (κ1) is 12.3. The van der Waals surface area contributed by atoms with Gasteiger partial charge in [0.15, 0.2) is 0 Å². The standard InChI is InChI=1S/C10H10Cl2FNO/c1-14(10(15)5-11)6-7-8(12)3-2-4-9(7)13/h2-4H,5-6H2,1H3. The number of hydrogen-bond donors (Lipinski definition) is 0. The van der Waals surface area contributed by atoms with Gasteiger partial charge in [0.05, 0.1) is 0 Å². The van der Waals surface area contributed by atoms with Crippen LogP contribution in [0.4, 0.5) is 4.39 Å². The molecule has 0 fully saturated rings. The fraction of sp³-hybridized carbons (Fsp3) is 0.300. The van der Waals surface area contributed by atoms with E-state index < -0.39 is 5.82 Å². The van der Waals surface area contributed by atoms with E-state index >= 15 is 0 Å². The first-order valence-electron chi connectivity index (χ1n) is 4.29. The summed E-state index contributed by atoms with van der Waals surface area (Å²) < 4.78 is 13.3. The number of carbonyl (C=O) groups excluding carboxylic acids is 1. The summed E-state index contributed by atoms with van der Waals surface area (Å²) in [6.45, 7) is 0.122. The van der Waals surface area contributed by atoms with E-state index in [1.54, 1.807) is 13.1 Å². The molecule has 0 heterocycles. The molecule has 1 aromatic carbocycles. The highest BCUT2D eigenvalue weighted by Crippen LogP contribution is 2.20. The molecular weight excluding hydrogens is 240 g/mol. The van der Waals surface area contributed by atoms with Crippen molar-refractivity contribution >= 4 is 29.1 Å². The predicted octanol–water partition coefficient (Wildman–Crippen LogP) is 2.68. The van der Waals surface area contributed by atoms with Crippen molar-refractivity contribution in [3.05, 3.63) is 34.6 Å². The molecule has 1 aromatic rings. The second kappa shape index (κ2) is 5.33. The summed E-state index contributed by atoms with van der Waals surface area (Å²) in [6.07, 6.45) is 0. The van der Waals surface area contributed by atoms with Gasteiger partial charge in [0.1, 0.15) is 11.7 Å². The molecule has 0 aromatic heterocycles. The van der Waals surface area contributed by atoms with Crippen molar-refractivity contribution in [3.8, 4) is 0 Å². The highest BCUT2D eigenvalue weighted by Gasteiger charge is 2.12. The molecule has 0 radical (unpaired) electrons. The van der Waals surface area contributed by atoms with Gasteiger partial charge in [0, 0.05) is 24.2 Å². The highest BCUT2D eigenvalue weighted by molar-refractivity contribution is 6.31. The molecule has 1 rings (SSSR count). The van der Waals surface area contributed by atoms with E-state index in [2.05, 4.69) is 0 Å². The van der Waals surface area contributed by atoms with Crippen LogP contribution in [-0.4, -0.2) is 23.7 Å². The van der Waals surface area contributed by atoms with E-state index in [1.165, 1.54) is 17.0 Å². The number of nitrogens with zero attached hydrogens (tertiary/aromatic N) is 1. The van der Waals surface area contributed by atoms with Crippen LogP contribution in [0.2, 0.25) is 5.02 Å². The van der Waals surface area contributed by atoms with Crippen molar-refractivity contribution in [2.75, 3.05) is 12.9 Å². The van der Waals surface area contributed by atoms with Crippen LogP contribution >= 0.6 is 23.2 Å². The normalized spacial score (nSPS) is 10.1. The second-order valence-corrected chi connectivity index (χ2v) is 3.76. The molecule has 2 nitrogen and oxygen atoms in total. The molecule has 0 saturated heterocycles. The lowest BCUT2D eigenvalue weighted by molar-refractivity contribution is -0.127. The molecule has 0 spiro atoms. The maximum Gasteiger partial charge on any atom is 0.237 e. The Morgan fingerprint density at radius 1 is 1.53 bits per heavy atom. The number of hydrogen-bond acceptors (Lipinski definition) is 1. The molecule has 0 aliphatic carbocycles. The van der Waals surface area contributed by atoms with Crippen LogP contribution < -0.4 is 0 Å². The molecular formula is C10H10Cl2FNO. The molecule has 1 amide bonds. The number of carbonyl (C=O) groups is 1. The lowest BCUT2D eigenvalue weighted by atomic mass is 10.2. The van der Waals surface area contributed by atoms with Gasteiger partial charge in [0.25, 0.3) is 0 Å². The summed E-state index contributed by atoms with van der Waals surface area (Å²) in [5, 5.41) is 0.309. The Kier molecular flexibility index (Phi) is 4.36. The zero-order chi connectivity index (χ0) is 11.4. The minimum atomic E-state index is -0.420. The van der Waals surface area contributed by atoms with Crippen molar-refractivity contribution in [1.82, 2.24) is 4.90 Å². The van der Waals surface area contributed by atoms with E-state index in [0.29, 0.717) is 10.6 Å². The maximum absolute atomic E-state index is 13.3.